The van der Waals surface area contributed by atoms with Gasteiger partial charge in [-0.3, -0.25) is 4.98 Å². The molecule has 0 aliphatic rings. The molecule has 0 radical (unpaired) electrons. The third-order valence-corrected chi connectivity index (χ3v) is 3.48. The summed E-state index contributed by atoms with van der Waals surface area (Å²) < 4.78 is 6.94. The van der Waals surface area contributed by atoms with Crippen LogP contribution in [0.5, 0.6) is 0 Å². The summed E-state index contributed by atoms with van der Waals surface area (Å²) in [4.78, 5) is 8.78. The maximum atomic E-state index is 5.16. The van der Waals surface area contributed by atoms with E-state index in [1.54, 1.807) is 17.1 Å². The van der Waals surface area contributed by atoms with E-state index in [0.29, 0.717) is 18.2 Å². The molecule has 0 aliphatic carbocycles. The van der Waals surface area contributed by atoms with E-state index in [4.69, 9.17) is 4.52 Å². The Labute approximate surface area is 128 Å². The molecule has 0 atom stereocenters. The Balaban J connectivity index is 1.81. The predicted molar refractivity (Wildman–Crippen MR) is 81.9 cm³/mol. The number of hydrogen-bond acceptors (Lipinski definition) is 6. The molecule has 3 aromatic rings. The fourth-order valence-corrected chi connectivity index (χ4v) is 2.34. The third kappa shape index (κ3) is 2.69. The lowest BCUT2D eigenvalue weighted by Gasteiger charge is -2.07. The highest BCUT2D eigenvalue weighted by Gasteiger charge is 2.10. The Morgan fingerprint density at radius 3 is 2.64 bits per heavy atom. The molecule has 3 heterocycles. The van der Waals surface area contributed by atoms with Gasteiger partial charge in [0.25, 0.3) is 0 Å². The van der Waals surface area contributed by atoms with Crippen LogP contribution >= 0.6 is 0 Å². The van der Waals surface area contributed by atoms with Crippen molar-refractivity contribution in [3.8, 4) is 5.82 Å². The van der Waals surface area contributed by atoms with Crippen molar-refractivity contribution in [3.63, 3.8) is 0 Å². The fourth-order valence-electron chi connectivity index (χ4n) is 2.34. The average molecular weight is 298 g/mol. The van der Waals surface area contributed by atoms with E-state index in [-0.39, 0.29) is 0 Å². The Kier molecular flexibility index (Phi) is 3.62. The highest BCUT2D eigenvalue weighted by molar-refractivity contribution is 5.38. The van der Waals surface area contributed by atoms with Crippen molar-refractivity contribution >= 4 is 5.82 Å². The van der Waals surface area contributed by atoms with Gasteiger partial charge in [-0.25, -0.2) is 9.67 Å². The minimum Gasteiger partial charge on any atom is -0.364 e. The number of hydrogen-bond donors (Lipinski definition) is 1. The van der Waals surface area contributed by atoms with Crippen LogP contribution in [0.1, 0.15) is 28.4 Å². The Morgan fingerprint density at radius 2 is 2.00 bits per heavy atom. The molecule has 7 nitrogen and oxygen atoms in total. The van der Waals surface area contributed by atoms with Gasteiger partial charge in [-0.05, 0) is 33.8 Å². The molecule has 0 saturated carbocycles. The zero-order valence-electron chi connectivity index (χ0n) is 13.1. The topological polar surface area (TPSA) is 81.7 Å². The lowest BCUT2D eigenvalue weighted by Crippen LogP contribution is -2.07. The smallest absolute Gasteiger partial charge is 0.174 e. The summed E-state index contributed by atoms with van der Waals surface area (Å²) in [5.41, 5.74) is 3.90. The van der Waals surface area contributed by atoms with Crippen LogP contribution in [0.2, 0.25) is 0 Å². The molecular weight excluding hydrogens is 280 g/mol. The third-order valence-electron chi connectivity index (χ3n) is 3.48. The normalized spacial score (nSPS) is 10.9. The van der Waals surface area contributed by atoms with Gasteiger partial charge in [0.05, 0.1) is 23.8 Å². The molecule has 0 saturated heterocycles. The lowest BCUT2D eigenvalue weighted by atomic mass is 10.2. The first-order valence-electron chi connectivity index (χ1n) is 7.06. The van der Waals surface area contributed by atoms with Crippen LogP contribution in [0.3, 0.4) is 0 Å². The van der Waals surface area contributed by atoms with Crippen molar-refractivity contribution in [3.05, 3.63) is 46.9 Å². The summed E-state index contributed by atoms with van der Waals surface area (Å²) in [7, 11) is 0. The molecule has 0 unspecified atom stereocenters. The van der Waals surface area contributed by atoms with E-state index >= 15 is 0 Å². The quantitative estimate of drug-likeness (QED) is 0.797. The van der Waals surface area contributed by atoms with Crippen molar-refractivity contribution in [1.29, 1.82) is 0 Å². The van der Waals surface area contributed by atoms with Gasteiger partial charge in [-0.2, -0.15) is 5.10 Å². The number of aryl methyl sites for hydroxylation is 4. The van der Waals surface area contributed by atoms with Crippen molar-refractivity contribution in [1.82, 2.24) is 24.9 Å². The average Bonchev–Trinajstić information content (AvgIpc) is 2.99. The predicted octanol–water partition coefficient (Wildman–Crippen LogP) is 2.50. The lowest BCUT2D eigenvalue weighted by molar-refractivity contribution is 0.392. The highest BCUT2D eigenvalue weighted by Crippen LogP contribution is 2.15. The van der Waals surface area contributed by atoms with Gasteiger partial charge in [0.1, 0.15) is 11.6 Å². The summed E-state index contributed by atoms with van der Waals surface area (Å²) in [5.74, 6) is 2.19. The first kappa shape index (κ1) is 14.2. The first-order valence-corrected chi connectivity index (χ1v) is 7.06. The zero-order chi connectivity index (χ0) is 15.7. The standard InChI is InChI=1S/C15H18N6O/c1-9-5-10(2)21(19-9)15-8-16-7-14(18-15)17-6-13-11(3)20-22-12(13)4/h5,7-8H,6H2,1-4H3,(H,17,18). The molecule has 1 N–H and O–H groups in total. The van der Waals surface area contributed by atoms with Gasteiger partial charge in [-0.1, -0.05) is 5.16 Å². The second kappa shape index (κ2) is 5.59. The van der Waals surface area contributed by atoms with Gasteiger partial charge < -0.3 is 9.84 Å². The van der Waals surface area contributed by atoms with Gasteiger partial charge in [0.2, 0.25) is 0 Å². The molecule has 0 bridgehead atoms. The monoisotopic (exact) mass is 298 g/mol. The van der Waals surface area contributed by atoms with E-state index in [2.05, 4.69) is 25.5 Å². The minimum atomic E-state index is 0.594. The Hall–Kier alpha value is -2.70. The van der Waals surface area contributed by atoms with Crippen LogP contribution in [-0.4, -0.2) is 24.9 Å². The molecular formula is C15H18N6O. The van der Waals surface area contributed by atoms with Crippen LogP contribution in [0.25, 0.3) is 5.82 Å². The van der Waals surface area contributed by atoms with Crippen molar-refractivity contribution < 1.29 is 4.52 Å². The number of nitrogens with zero attached hydrogens (tertiary/aromatic N) is 5. The van der Waals surface area contributed by atoms with E-state index < -0.39 is 0 Å². The molecule has 0 aromatic carbocycles. The molecule has 0 fully saturated rings. The molecule has 0 spiro atoms. The number of nitrogens with one attached hydrogen (secondary N) is 1. The molecule has 22 heavy (non-hydrogen) atoms. The largest absolute Gasteiger partial charge is 0.364 e. The Bertz CT molecular complexity index is 785. The zero-order valence-corrected chi connectivity index (χ0v) is 13.1. The van der Waals surface area contributed by atoms with E-state index in [1.165, 1.54) is 0 Å². The molecule has 7 heteroatoms. The van der Waals surface area contributed by atoms with Gasteiger partial charge in [0, 0.05) is 17.8 Å². The maximum Gasteiger partial charge on any atom is 0.174 e. The van der Waals surface area contributed by atoms with E-state index in [0.717, 1.165) is 28.4 Å². The van der Waals surface area contributed by atoms with E-state index in [9.17, 15) is 0 Å². The highest BCUT2D eigenvalue weighted by atomic mass is 16.5. The van der Waals surface area contributed by atoms with Crippen LogP contribution in [0, 0.1) is 27.7 Å². The fraction of sp³-hybridized carbons (Fsp3) is 0.333. The summed E-state index contributed by atoms with van der Waals surface area (Å²) in [6.45, 7) is 8.36. The number of rotatable bonds is 4. The summed E-state index contributed by atoms with van der Waals surface area (Å²) >= 11 is 0. The van der Waals surface area contributed by atoms with E-state index in [1.807, 2.05) is 33.8 Å². The molecule has 3 rings (SSSR count). The number of anilines is 1. The number of aromatic nitrogens is 5. The van der Waals surface area contributed by atoms with Gasteiger partial charge >= 0.3 is 0 Å². The molecule has 0 amide bonds. The first-order chi connectivity index (χ1) is 10.5. The SMILES string of the molecule is Cc1cc(C)n(-c2cncc(NCc3c(C)noc3C)n2)n1. The molecule has 0 aliphatic heterocycles. The van der Waals surface area contributed by atoms with Crippen LogP contribution < -0.4 is 5.32 Å². The second-order valence-corrected chi connectivity index (χ2v) is 5.26. The van der Waals surface area contributed by atoms with Crippen LogP contribution in [0.4, 0.5) is 5.82 Å². The Morgan fingerprint density at radius 1 is 1.18 bits per heavy atom. The second-order valence-electron chi connectivity index (χ2n) is 5.26. The van der Waals surface area contributed by atoms with Gasteiger partial charge in [0.15, 0.2) is 5.82 Å². The molecule has 114 valence electrons. The van der Waals surface area contributed by atoms with Crippen molar-refractivity contribution in [2.24, 2.45) is 0 Å². The van der Waals surface area contributed by atoms with Crippen LogP contribution in [0.15, 0.2) is 23.0 Å². The molecule has 3 aromatic heterocycles. The van der Waals surface area contributed by atoms with Crippen LogP contribution in [-0.2, 0) is 6.54 Å². The van der Waals surface area contributed by atoms with Gasteiger partial charge in [-0.15, -0.1) is 0 Å². The summed E-state index contributed by atoms with van der Waals surface area (Å²) in [6, 6.07) is 2.01. The maximum absolute atomic E-state index is 5.16. The summed E-state index contributed by atoms with van der Waals surface area (Å²) in [6.07, 6.45) is 3.38. The van der Waals surface area contributed by atoms with Crippen molar-refractivity contribution in [2.45, 2.75) is 34.2 Å². The summed E-state index contributed by atoms with van der Waals surface area (Å²) in [5, 5.41) is 11.6. The minimum absolute atomic E-state index is 0.594. The van der Waals surface area contributed by atoms with Crippen molar-refractivity contribution in [2.75, 3.05) is 5.32 Å².